The third kappa shape index (κ3) is 5.65. The van der Waals surface area contributed by atoms with E-state index in [2.05, 4.69) is 48.5 Å². The van der Waals surface area contributed by atoms with Gasteiger partial charge in [-0.1, -0.05) is 73.7 Å². The number of carbonyl (C=O) groups excluding carboxylic acids is 2. The molecule has 5 nitrogen and oxygen atoms in total. The van der Waals surface area contributed by atoms with E-state index in [4.69, 9.17) is 10.5 Å². The Kier molecular flexibility index (Phi) is 7.96. The molecule has 1 aliphatic rings. The van der Waals surface area contributed by atoms with Gasteiger partial charge in [-0.25, -0.2) is 0 Å². The summed E-state index contributed by atoms with van der Waals surface area (Å²) < 4.78 is 6.01. The highest BCUT2D eigenvalue weighted by Gasteiger charge is 2.35. The molecule has 1 heterocycles. The van der Waals surface area contributed by atoms with E-state index >= 15 is 0 Å². The number of fused-ring (bicyclic) bond motifs is 1. The number of likely N-dealkylation sites (tertiary alicyclic amines) is 1. The number of nitrogens with zero attached hydrogens (tertiary/aromatic N) is 1. The number of rotatable bonds is 9. The van der Waals surface area contributed by atoms with E-state index in [1.165, 1.54) is 10.9 Å². The van der Waals surface area contributed by atoms with Gasteiger partial charge in [-0.05, 0) is 53.1 Å². The lowest BCUT2D eigenvalue weighted by molar-refractivity contribution is -0.145. The van der Waals surface area contributed by atoms with Crippen molar-refractivity contribution in [3.63, 3.8) is 0 Å². The summed E-state index contributed by atoms with van der Waals surface area (Å²) in [5, 5.41) is 2.33. The highest BCUT2D eigenvalue weighted by Crippen LogP contribution is 2.30. The van der Waals surface area contributed by atoms with Crippen molar-refractivity contribution in [1.82, 2.24) is 4.90 Å². The first kappa shape index (κ1) is 24.0. The van der Waals surface area contributed by atoms with Gasteiger partial charge in [0.15, 0.2) is 0 Å². The minimum atomic E-state index is -0.559. The first-order chi connectivity index (χ1) is 16.6. The van der Waals surface area contributed by atoms with E-state index in [0.717, 1.165) is 23.8 Å². The maximum absolute atomic E-state index is 13.5. The van der Waals surface area contributed by atoms with Gasteiger partial charge in [-0.15, -0.1) is 0 Å². The number of ether oxygens (including phenoxy) is 1. The molecule has 5 heteroatoms. The molecule has 0 aromatic heterocycles. The van der Waals surface area contributed by atoms with Crippen LogP contribution in [0.25, 0.3) is 10.8 Å². The zero-order chi connectivity index (χ0) is 23.9. The molecule has 2 amide bonds. The normalized spacial score (nSPS) is 16.3. The molecule has 3 aromatic rings. The molecule has 0 saturated carbocycles. The third-order valence-corrected chi connectivity index (χ3v) is 7.07. The fourth-order valence-electron chi connectivity index (χ4n) is 5.07. The predicted molar refractivity (Wildman–Crippen MR) is 135 cm³/mol. The smallest absolute Gasteiger partial charge is 0.228 e. The van der Waals surface area contributed by atoms with Crippen LogP contribution in [0.3, 0.4) is 0 Å². The van der Waals surface area contributed by atoms with Crippen molar-refractivity contribution < 1.29 is 14.3 Å². The minimum Gasteiger partial charge on any atom is -0.376 e. The largest absolute Gasteiger partial charge is 0.376 e. The van der Waals surface area contributed by atoms with Gasteiger partial charge < -0.3 is 15.4 Å². The molecule has 0 spiro atoms. The summed E-state index contributed by atoms with van der Waals surface area (Å²) in [6.07, 6.45) is 2.37. The molecule has 178 valence electrons. The Labute approximate surface area is 201 Å². The highest BCUT2D eigenvalue weighted by molar-refractivity contribution is 5.87. The lowest BCUT2D eigenvalue weighted by Crippen LogP contribution is -2.47. The summed E-state index contributed by atoms with van der Waals surface area (Å²) in [5.41, 5.74) is 8.06. The molecule has 4 rings (SSSR count). The van der Waals surface area contributed by atoms with Crippen molar-refractivity contribution >= 4 is 22.6 Å². The van der Waals surface area contributed by atoms with Gasteiger partial charge >= 0.3 is 0 Å². The number of primary amides is 1. The van der Waals surface area contributed by atoms with E-state index in [0.29, 0.717) is 32.0 Å². The molecule has 3 aromatic carbocycles. The van der Waals surface area contributed by atoms with E-state index in [9.17, 15) is 9.59 Å². The van der Waals surface area contributed by atoms with Gasteiger partial charge in [-0.2, -0.15) is 0 Å². The number of carbonyl (C=O) groups is 2. The van der Waals surface area contributed by atoms with Crippen molar-refractivity contribution in [2.45, 2.75) is 38.7 Å². The second kappa shape index (κ2) is 11.3. The number of nitrogens with two attached hydrogens (primary N) is 1. The van der Waals surface area contributed by atoms with Gasteiger partial charge in [0, 0.05) is 13.1 Å². The molecule has 2 atom stereocenters. The number of hydrogen-bond acceptors (Lipinski definition) is 3. The van der Waals surface area contributed by atoms with Crippen molar-refractivity contribution in [2.24, 2.45) is 17.6 Å². The molecule has 0 radical (unpaired) electrons. The first-order valence-electron chi connectivity index (χ1n) is 12.2. The maximum Gasteiger partial charge on any atom is 0.228 e. The van der Waals surface area contributed by atoms with Crippen LogP contribution in [0.4, 0.5) is 0 Å². The minimum absolute atomic E-state index is 0.0179. The molecule has 0 bridgehead atoms. The first-order valence-corrected chi connectivity index (χ1v) is 12.2. The Balaban J connectivity index is 1.40. The number of hydrogen-bond donors (Lipinski definition) is 1. The quantitative estimate of drug-likeness (QED) is 0.496. The van der Waals surface area contributed by atoms with Crippen LogP contribution >= 0.6 is 0 Å². The van der Waals surface area contributed by atoms with Crippen LogP contribution in [0.1, 0.15) is 43.2 Å². The number of amides is 2. The lowest BCUT2D eigenvalue weighted by atomic mass is 9.86. The number of benzene rings is 3. The van der Waals surface area contributed by atoms with Crippen molar-refractivity contribution in [3.05, 3.63) is 83.9 Å². The van der Waals surface area contributed by atoms with Crippen LogP contribution in [0.2, 0.25) is 0 Å². The molecule has 1 aliphatic heterocycles. The average molecular weight is 459 g/mol. The summed E-state index contributed by atoms with van der Waals surface area (Å²) in [5.74, 6) is -1.08. The van der Waals surface area contributed by atoms with Crippen LogP contribution in [-0.4, -0.2) is 36.4 Å². The van der Waals surface area contributed by atoms with E-state index in [1.807, 2.05) is 36.1 Å². The standard InChI is InChI=1S/C29H34N2O3/c1-2-26(28(30)32)27(20-34-19-21-12-13-23-10-6-7-11-25(23)18-21)29(33)31-16-14-24(15-17-31)22-8-4-3-5-9-22/h3-13,18,24,26-27H,2,14-17,19-20H2,1H3,(H2,30,32)/t26?,27-/m0/s1. The maximum atomic E-state index is 13.5. The topological polar surface area (TPSA) is 72.6 Å². The van der Waals surface area contributed by atoms with Crippen molar-refractivity contribution in [3.8, 4) is 0 Å². The zero-order valence-electron chi connectivity index (χ0n) is 19.9. The summed E-state index contributed by atoms with van der Waals surface area (Å²) in [7, 11) is 0. The van der Waals surface area contributed by atoms with Gasteiger partial charge in [0.1, 0.15) is 0 Å². The molecule has 1 saturated heterocycles. The average Bonchev–Trinajstić information content (AvgIpc) is 2.88. The van der Waals surface area contributed by atoms with Crippen LogP contribution in [-0.2, 0) is 20.9 Å². The zero-order valence-corrected chi connectivity index (χ0v) is 19.9. The van der Waals surface area contributed by atoms with Crippen LogP contribution < -0.4 is 5.73 Å². The predicted octanol–water partition coefficient (Wildman–Crippen LogP) is 4.89. The summed E-state index contributed by atoms with van der Waals surface area (Å²) >= 11 is 0. The fraction of sp³-hybridized carbons (Fsp3) is 0.379. The Bertz CT molecular complexity index is 1110. The molecule has 1 fully saturated rings. The van der Waals surface area contributed by atoms with Crippen LogP contribution in [0.15, 0.2) is 72.8 Å². The Hall–Kier alpha value is -3.18. The van der Waals surface area contributed by atoms with Gasteiger partial charge in [0.25, 0.3) is 0 Å². The molecule has 2 N–H and O–H groups in total. The third-order valence-electron chi connectivity index (χ3n) is 7.07. The van der Waals surface area contributed by atoms with E-state index in [-0.39, 0.29) is 12.5 Å². The SMILES string of the molecule is CCC(C(N)=O)[C@H](COCc1ccc2ccccc2c1)C(=O)N1CCC(c2ccccc2)CC1. The van der Waals surface area contributed by atoms with Crippen LogP contribution in [0.5, 0.6) is 0 Å². The summed E-state index contributed by atoms with van der Waals surface area (Å²) in [6, 6.07) is 24.9. The second-order valence-electron chi connectivity index (χ2n) is 9.23. The Morgan fingerprint density at radius 1 is 0.941 bits per heavy atom. The van der Waals surface area contributed by atoms with Gasteiger partial charge in [0.05, 0.1) is 25.0 Å². The van der Waals surface area contributed by atoms with E-state index in [1.54, 1.807) is 0 Å². The summed E-state index contributed by atoms with van der Waals surface area (Å²) in [6.45, 7) is 3.86. The molecular formula is C29H34N2O3. The molecule has 1 unspecified atom stereocenters. The molecule has 34 heavy (non-hydrogen) atoms. The number of piperidine rings is 1. The van der Waals surface area contributed by atoms with Crippen LogP contribution in [0, 0.1) is 11.8 Å². The van der Waals surface area contributed by atoms with Crippen molar-refractivity contribution in [2.75, 3.05) is 19.7 Å². The summed E-state index contributed by atoms with van der Waals surface area (Å²) in [4.78, 5) is 27.6. The molecule has 0 aliphatic carbocycles. The lowest BCUT2D eigenvalue weighted by Gasteiger charge is -2.36. The van der Waals surface area contributed by atoms with Gasteiger partial charge in [-0.3, -0.25) is 9.59 Å². The van der Waals surface area contributed by atoms with Crippen molar-refractivity contribution in [1.29, 1.82) is 0 Å². The van der Waals surface area contributed by atoms with Gasteiger partial charge in [0.2, 0.25) is 11.8 Å². The second-order valence-corrected chi connectivity index (χ2v) is 9.23. The molecular weight excluding hydrogens is 424 g/mol. The highest BCUT2D eigenvalue weighted by atomic mass is 16.5. The fourth-order valence-corrected chi connectivity index (χ4v) is 5.07. The Morgan fingerprint density at radius 3 is 2.29 bits per heavy atom. The monoisotopic (exact) mass is 458 g/mol. The van der Waals surface area contributed by atoms with E-state index < -0.39 is 17.7 Å². The Morgan fingerprint density at radius 2 is 1.62 bits per heavy atom.